The van der Waals surface area contributed by atoms with Crippen LogP contribution in [0.5, 0.6) is 0 Å². The Morgan fingerprint density at radius 1 is 1.50 bits per heavy atom. The molecule has 0 amide bonds. The summed E-state index contributed by atoms with van der Waals surface area (Å²) in [5, 5.41) is 11.4. The Morgan fingerprint density at radius 2 is 2.17 bits per heavy atom. The Balaban J connectivity index is 3.07. The second-order valence-electron chi connectivity index (χ2n) is 3.21. The van der Waals surface area contributed by atoms with Gasteiger partial charge in [0.1, 0.15) is 0 Å². The molecule has 0 heterocycles. The van der Waals surface area contributed by atoms with Gasteiger partial charge in [-0.2, -0.15) is 5.26 Å². The largest absolute Gasteiger partial charge is 0.467 e. The molecule has 6 heteroatoms. The van der Waals surface area contributed by atoms with Gasteiger partial charge in [0.05, 0.1) is 7.11 Å². The third-order valence-corrected chi connectivity index (χ3v) is 2.74. The second-order valence-corrected chi connectivity index (χ2v) is 4.01. The standard InChI is InChI=1S/C12H13N3O2S/c1-17-11(16)10(9-6-4-3-5-7-9)15-12(18-2)14-8-13/h3-7,10H,1-2H3,(H,14,15). The molecule has 94 valence electrons. The van der Waals surface area contributed by atoms with Crippen molar-refractivity contribution in [2.75, 3.05) is 13.4 Å². The number of ether oxygens (including phenoxy) is 1. The highest BCUT2D eigenvalue weighted by molar-refractivity contribution is 8.13. The molecule has 1 aromatic rings. The highest BCUT2D eigenvalue weighted by Gasteiger charge is 2.21. The molecule has 5 nitrogen and oxygen atoms in total. The molecule has 0 radical (unpaired) electrons. The number of esters is 1. The number of carbonyl (C=O) groups excluding carboxylic acids is 1. The lowest BCUT2D eigenvalue weighted by Gasteiger charge is -2.11. The molecule has 1 unspecified atom stereocenters. The van der Waals surface area contributed by atoms with Crippen molar-refractivity contribution >= 4 is 22.9 Å². The molecule has 1 N–H and O–H groups in total. The summed E-state index contributed by atoms with van der Waals surface area (Å²) >= 11 is 1.25. The third-order valence-electron chi connectivity index (χ3n) is 2.14. The number of nitrogens with one attached hydrogen (secondary N) is 1. The van der Waals surface area contributed by atoms with Crippen molar-refractivity contribution in [3.8, 4) is 6.19 Å². The molecule has 0 aliphatic heterocycles. The topological polar surface area (TPSA) is 74.5 Å². The normalized spacial score (nSPS) is 12.4. The van der Waals surface area contributed by atoms with Crippen LogP contribution < -0.4 is 5.32 Å². The van der Waals surface area contributed by atoms with Gasteiger partial charge in [0.2, 0.25) is 0 Å². The van der Waals surface area contributed by atoms with Crippen LogP contribution in [0, 0.1) is 11.5 Å². The van der Waals surface area contributed by atoms with Crippen molar-refractivity contribution < 1.29 is 9.53 Å². The highest BCUT2D eigenvalue weighted by Crippen LogP contribution is 2.19. The molecule has 0 aromatic heterocycles. The quantitative estimate of drug-likeness (QED) is 0.295. The van der Waals surface area contributed by atoms with Gasteiger partial charge in [-0.25, -0.2) is 9.79 Å². The first-order valence-corrected chi connectivity index (χ1v) is 6.35. The lowest BCUT2D eigenvalue weighted by Crippen LogP contribution is -2.19. The van der Waals surface area contributed by atoms with Crippen LogP contribution >= 0.6 is 11.8 Å². The van der Waals surface area contributed by atoms with Crippen molar-refractivity contribution in [3.05, 3.63) is 35.9 Å². The maximum atomic E-state index is 11.7. The van der Waals surface area contributed by atoms with Gasteiger partial charge in [-0.15, -0.1) is 0 Å². The predicted octanol–water partition coefficient (Wildman–Crippen LogP) is 1.69. The Morgan fingerprint density at radius 3 is 2.67 bits per heavy atom. The van der Waals surface area contributed by atoms with Crippen molar-refractivity contribution in [3.63, 3.8) is 0 Å². The van der Waals surface area contributed by atoms with E-state index in [9.17, 15) is 4.79 Å². The summed E-state index contributed by atoms with van der Waals surface area (Å²) in [6.07, 6.45) is 3.55. The van der Waals surface area contributed by atoms with Gasteiger partial charge < -0.3 is 4.74 Å². The van der Waals surface area contributed by atoms with E-state index in [1.54, 1.807) is 24.6 Å². The maximum absolute atomic E-state index is 11.7. The van der Waals surface area contributed by atoms with Crippen LogP contribution in [0.1, 0.15) is 11.6 Å². The van der Waals surface area contributed by atoms with E-state index in [1.807, 2.05) is 18.2 Å². The van der Waals surface area contributed by atoms with E-state index in [4.69, 9.17) is 10.00 Å². The smallest absolute Gasteiger partial charge is 0.335 e. The van der Waals surface area contributed by atoms with Crippen molar-refractivity contribution in [2.24, 2.45) is 4.99 Å². The summed E-state index contributed by atoms with van der Waals surface area (Å²) in [4.78, 5) is 15.9. The number of methoxy groups -OCH3 is 1. The zero-order valence-corrected chi connectivity index (χ0v) is 10.9. The summed E-state index contributed by atoms with van der Waals surface area (Å²) in [6.45, 7) is 0. The molecule has 1 rings (SSSR count). The van der Waals surface area contributed by atoms with Crippen molar-refractivity contribution in [1.29, 1.82) is 5.26 Å². The number of nitriles is 1. The van der Waals surface area contributed by atoms with E-state index in [2.05, 4.69) is 10.3 Å². The molecule has 18 heavy (non-hydrogen) atoms. The van der Waals surface area contributed by atoms with Crippen LogP contribution in [0.25, 0.3) is 0 Å². The summed E-state index contributed by atoms with van der Waals surface area (Å²) in [7, 11) is 1.31. The van der Waals surface area contributed by atoms with Crippen molar-refractivity contribution in [1.82, 2.24) is 5.32 Å². The maximum Gasteiger partial charge on any atom is 0.335 e. The summed E-state index contributed by atoms with van der Waals surface area (Å²) in [6, 6.07) is 8.30. The summed E-state index contributed by atoms with van der Waals surface area (Å²) in [5.74, 6) is -0.465. The molecule has 0 spiro atoms. The van der Waals surface area contributed by atoms with E-state index in [0.717, 1.165) is 5.56 Å². The number of thioether (sulfide) groups is 1. The number of hydrogen-bond donors (Lipinski definition) is 1. The SMILES string of the molecule is COC(=O)C(N=C(NC#N)SC)c1ccccc1. The van der Waals surface area contributed by atoms with E-state index in [0.29, 0.717) is 5.17 Å². The van der Waals surface area contributed by atoms with Crippen LogP contribution in [-0.4, -0.2) is 24.5 Å². The molecule has 0 saturated carbocycles. The minimum absolute atomic E-state index is 0.372. The number of nitrogens with zero attached hydrogens (tertiary/aromatic N) is 2. The van der Waals surface area contributed by atoms with Crippen molar-refractivity contribution in [2.45, 2.75) is 6.04 Å². The van der Waals surface area contributed by atoms with Gasteiger partial charge >= 0.3 is 5.97 Å². The first-order chi connectivity index (χ1) is 8.72. The van der Waals surface area contributed by atoms with Gasteiger partial charge in [-0.1, -0.05) is 42.1 Å². The lowest BCUT2D eigenvalue weighted by molar-refractivity contribution is -0.142. The predicted molar refractivity (Wildman–Crippen MR) is 70.9 cm³/mol. The fourth-order valence-electron chi connectivity index (χ4n) is 1.31. The monoisotopic (exact) mass is 263 g/mol. The first-order valence-electron chi connectivity index (χ1n) is 5.12. The van der Waals surface area contributed by atoms with Crippen LogP contribution in [0.2, 0.25) is 0 Å². The first kappa shape index (κ1) is 14.1. The Kier molecular flexibility index (Phi) is 5.74. The molecule has 1 atom stereocenters. The number of hydrogen-bond acceptors (Lipinski definition) is 5. The van der Waals surface area contributed by atoms with E-state index < -0.39 is 12.0 Å². The van der Waals surface area contributed by atoms with E-state index >= 15 is 0 Å². The van der Waals surface area contributed by atoms with E-state index in [1.165, 1.54) is 18.9 Å². The van der Waals surface area contributed by atoms with Gasteiger partial charge in [0.25, 0.3) is 0 Å². The Labute approximate surface area is 110 Å². The van der Waals surface area contributed by atoms with Gasteiger partial charge in [-0.05, 0) is 11.8 Å². The molecular weight excluding hydrogens is 250 g/mol. The lowest BCUT2D eigenvalue weighted by atomic mass is 10.1. The second kappa shape index (κ2) is 7.35. The van der Waals surface area contributed by atoms with Crippen LogP contribution in [0.3, 0.4) is 0 Å². The molecule has 0 fully saturated rings. The minimum Gasteiger partial charge on any atom is -0.467 e. The minimum atomic E-state index is -0.764. The summed E-state index contributed by atoms with van der Waals surface area (Å²) in [5.41, 5.74) is 0.718. The summed E-state index contributed by atoms with van der Waals surface area (Å²) < 4.78 is 4.72. The van der Waals surface area contributed by atoms with Gasteiger partial charge in [-0.3, -0.25) is 5.32 Å². The fourth-order valence-corrected chi connectivity index (χ4v) is 1.67. The fraction of sp³-hybridized carbons (Fsp3) is 0.250. The average molecular weight is 263 g/mol. The third kappa shape index (κ3) is 3.79. The molecule has 0 saturated heterocycles. The van der Waals surface area contributed by atoms with Crippen LogP contribution in [0.4, 0.5) is 0 Å². The average Bonchev–Trinajstić information content (AvgIpc) is 2.43. The highest BCUT2D eigenvalue weighted by atomic mass is 32.2. The van der Waals surface area contributed by atoms with Gasteiger partial charge in [0.15, 0.2) is 17.4 Å². The zero-order valence-electron chi connectivity index (χ0n) is 10.1. The molecule has 0 aliphatic carbocycles. The van der Waals surface area contributed by atoms with E-state index in [-0.39, 0.29) is 0 Å². The molecule has 1 aromatic carbocycles. The Hall–Kier alpha value is -2.00. The Bertz CT molecular complexity index is 468. The molecule has 0 bridgehead atoms. The number of aliphatic imine (C=N–C) groups is 1. The number of benzene rings is 1. The van der Waals surface area contributed by atoms with Crippen LogP contribution in [0.15, 0.2) is 35.3 Å². The molecule has 0 aliphatic rings. The van der Waals surface area contributed by atoms with Crippen LogP contribution in [-0.2, 0) is 9.53 Å². The number of amidine groups is 1. The number of rotatable bonds is 3. The van der Waals surface area contributed by atoms with Gasteiger partial charge in [0, 0.05) is 0 Å². The molecular formula is C12H13N3O2S. The zero-order chi connectivity index (χ0) is 13.4. The number of carbonyl (C=O) groups is 1.